The highest BCUT2D eigenvalue weighted by Crippen LogP contribution is 2.28. The third-order valence-corrected chi connectivity index (χ3v) is 4.15. The normalized spacial score (nSPS) is 20.5. The van der Waals surface area contributed by atoms with Crippen molar-refractivity contribution in [3.63, 3.8) is 0 Å². The predicted molar refractivity (Wildman–Crippen MR) is 81.8 cm³/mol. The summed E-state index contributed by atoms with van der Waals surface area (Å²) in [5, 5.41) is 10.5. The van der Waals surface area contributed by atoms with Crippen LogP contribution < -0.4 is 10.6 Å². The van der Waals surface area contributed by atoms with Crippen LogP contribution in [0.2, 0.25) is 0 Å². The molecule has 5 nitrogen and oxygen atoms in total. The third kappa shape index (κ3) is 2.77. The number of carbonyl (C=O) groups excluding carboxylic acids is 1. The van der Waals surface area contributed by atoms with Gasteiger partial charge in [0.25, 0.3) is 0 Å². The van der Waals surface area contributed by atoms with Gasteiger partial charge in [-0.1, -0.05) is 18.2 Å². The molecule has 0 saturated heterocycles. The molecule has 21 heavy (non-hydrogen) atoms. The second-order valence-electron chi connectivity index (χ2n) is 5.56. The molecule has 1 aliphatic rings. The Labute approximate surface area is 124 Å². The highest BCUT2D eigenvalue weighted by atomic mass is 16.1. The van der Waals surface area contributed by atoms with Crippen molar-refractivity contribution >= 4 is 11.6 Å². The highest BCUT2D eigenvalue weighted by molar-refractivity contribution is 5.81. The first kappa shape index (κ1) is 13.7. The van der Waals surface area contributed by atoms with Crippen molar-refractivity contribution in [2.45, 2.75) is 25.9 Å². The number of hydrogen-bond acceptors (Lipinski definition) is 3. The van der Waals surface area contributed by atoms with Gasteiger partial charge in [-0.2, -0.15) is 5.10 Å². The Morgan fingerprint density at radius 2 is 2.24 bits per heavy atom. The van der Waals surface area contributed by atoms with Crippen LogP contribution in [0.3, 0.4) is 0 Å². The Hall–Kier alpha value is -2.30. The van der Waals surface area contributed by atoms with Crippen LogP contribution in [0.4, 0.5) is 5.69 Å². The van der Waals surface area contributed by atoms with Gasteiger partial charge in [-0.05, 0) is 31.0 Å². The summed E-state index contributed by atoms with van der Waals surface area (Å²) >= 11 is 0. The average Bonchev–Trinajstić information content (AvgIpc) is 2.89. The van der Waals surface area contributed by atoms with E-state index in [1.807, 2.05) is 25.2 Å². The number of aromatic nitrogens is 2. The van der Waals surface area contributed by atoms with Crippen molar-refractivity contribution in [2.24, 2.45) is 13.0 Å². The second-order valence-corrected chi connectivity index (χ2v) is 5.56. The molecule has 2 aromatic rings. The van der Waals surface area contributed by atoms with Crippen LogP contribution in [0.25, 0.3) is 0 Å². The van der Waals surface area contributed by atoms with E-state index >= 15 is 0 Å². The van der Waals surface area contributed by atoms with Gasteiger partial charge >= 0.3 is 0 Å². The second kappa shape index (κ2) is 5.60. The molecule has 0 radical (unpaired) electrons. The first-order valence-corrected chi connectivity index (χ1v) is 7.24. The summed E-state index contributed by atoms with van der Waals surface area (Å²) in [6.45, 7) is 2.57. The molecular formula is C16H20N4O. The molecule has 1 aromatic carbocycles. The van der Waals surface area contributed by atoms with Gasteiger partial charge in [0, 0.05) is 25.0 Å². The maximum atomic E-state index is 12.4. The predicted octanol–water partition coefficient (Wildman–Crippen LogP) is 1.71. The van der Waals surface area contributed by atoms with Crippen LogP contribution in [-0.4, -0.2) is 21.7 Å². The van der Waals surface area contributed by atoms with Crippen LogP contribution in [-0.2, 0) is 24.8 Å². The van der Waals surface area contributed by atoms with E-state index < -0.39 is 0 Å². The fourth-order valence-electron chi connectivity index (χ4n) is 2.80. The van der Waals surface area contributed by atoms with Crippen molar-refractivity contribution in [3.8, 4) is 0 Å². The maximum Gasteiger partial charge on any atom is 0.225 e. The highest BCUT2D eigenvalue weighted by Gasteiger charge is 2.30. The molecule has 2 N–H and O–H groups in total. The number of rotatable bonds is 3. The third-order valence-electron chi connectivity index (χ3n) is 4.15. The van der Waals surface area contributed by atoms with Gasteiger partial charge in [0.1, 0.15) is 0 Å². The SMILES string of the molecule is CC1Nc2ccccc2CC1C(=O)NCc1ccnn1C. The van der Waals surface area contributed by atoms with Gasteiger partial charge in [-0.3, -0.25) is 9.48 Å². The number of nitrogens with zero attached hydrogens (tertiary/aromatic N) is 2. The van der Waals surface area contributed by atoms with E-state index in [1.54, 1.807) is 10.9 Å². The molecule has 2 atom stereocenters. The van der Waals surface area contributed by atoms with Crippen LogP contribution in [0.15, 0.2) is 36.5 Å². The van der Waals surface area contributed by atoms with Crippen LogP contribution >= 0.6 is 0 Å². The Morgan fingerprint density at radius 1 is 1.43 bits per heavy atom. The van der Waals surface area contributed by atoms with Gasteiger partial charge in [0.2, 0.25) is 5.91 Å². The van der Waals surface area contributed by atoms with E-state index in [-0.39, 0.29) is 17.9 Å². The molecule has 2 unspecified atom stereocenters. The summed E-state index contributed by atoms with van der Waals surface area (Å²) in [4.78, 5) is 12.4. The van der Waals surface area contributed by atoms with E-state index in [4.69, 9.17) is 0 Å². The van der Waals surface area contributed by atoms with Crippen LogP contribution in [0.1, 0.15) is 18.2 Å². The smallest absolute Gasteiger partial charge is 0.225 e. The quantitative estimate of drug-likeness (QED) is 0.902. The number of hydrogen-bond donors (Lipinski definition) is 2. The van der Waals surface area contributed by atoms with Crippen molar-refractivity contribution in [3.05, 3.63) is 47.8 Å². The summed E-state index contributed by atoms with van der Waals surface area (Å²) in [5.74, 6) is 0.0406. The summed E-state index contributed by atoms with van der Waals surface area (Å²) in [6.07, 6.45) is 2.52. The van der Waals surface area contributed by atoms with E-state index in [1.165, 1.54) is 5.56 Å². The number of benzene rings is 1. The van der Waals surface area contributed by atoms with Gasteiger partial charge in [0.15, 0.2) is 0 Å². The molecule has 1 amide bonds. The minimum Gasteiger partial charge on any atom is -0.382 e. The molecule has 1 aromatic heterocycles. The number of nitrogens with one attached hydrogen (secondary N) is 2. The monoisotopic (exact) mass is 284 g/mol. The largest absolute Gasteiger partial charge is 0.382 e. The van der Waals surface area contributed by atoms with Crippen molar-refractivity contribution in [2.75, 3.05) is 5.32 Å². The summed E-state index contributed by atoms with van der Waals surface area (Å²) in [6, 6.07) is 10.2. The van der Waals surface area contributed by atoms with Gasteiger partial charge in [-0.15, -0.1) is 0 Å². The zero-order valence-corrected chi connectivity index (χ0v) is 12.3. The van der Waals surface area contributed by atoms with E-state index in [9.17, 15) is 4.79 Å². The summed E-state index contributed by atoms with van der Waals surface area (Å²) < 4.78 is 1.78. The number of anilines is 1. The molecule has 0 saturated carbocycles. The number of para-hydroxylation sites is 1. The van der Waals surface area contributed by atoms with Crippen LogP contribution in [0, 0.1) is 5.92 Å². The lowest BCUT2D eigenvalue weighted by Gasteiger charge is -2.31. The standard InChI is InChI=1S/C16H20N4O/c1-11-14(9-12-5-3-4-6-15(12)19-11)16(21)17-10-13-7-8-18-20(13)2/h3-8,11,14,19H,9-10H2,1-2H3,(H,17,21). The van der Waals surface area contributed by atoms with Crippen molar-refractivity contribution in [1.29, 1.82) is 0 Å². The van der Waals surface area contributed by atoms with Gasteiger partial charge in [0.05, 0.1) is 18.2 Å². The molecule has 0 spiro atoms. The molecule has 1 aliphatic heterocycles. The lowest BCUT2D eigenvalue weighted by molar-refractivity contribution is -0.125. The molecule has 5 heteroatoms. The Kier molecular flexibility index (Phi) is 3.64. The number of aryl methyl sites for hydroxylation is 1. The minimum atomic E-state index is -0.0480. The Bertz CT molecular complexity index is 649. The number of carbonyl (C=O) groups is 1. The van der Waals surface area contributed by atoms with Crippen molar-refractivity contribution in [1.82, 2.24) is 15.1 Å². The average molecular weight is 284 g/mol. The van der Waals surface area contributed by atoms with E-state index in [2.05, 4.69) is 34.8 Å². The molecule has 110 valence electrons. The minimum absolute atomic E-state index is 0.0480. The molecule has 0 bridgehead atoms. The lowest BCUT2D eigenvalue weighted by Crippen LogP contribution is -2.43. The number of amides is 1. The zero-order chi connectivity index (χ0) is 14.8. The lowest BCUT2D eigenvalue weighted by atomic mass is 9.87. The molecule has 2 heterocycles. The zero-order valence-electron chi connectivity index (χ0n) is 12.3. The Morgan fingerprint density at radius 3 is 3.00 bits per heavy atom. The fraction of sp³-hybridized carbons (Fsp3) is 0.375. The first-order valence-electron chi connectivity index (χ1n) is 7.24. The Balaban J connectivity index is 1.66. The first-order chi connectivity index (χ1) is 10.1. The maximum absolute atomic E-state index is 12.4. The fourth-order valence-corrected chi connectivity index (χ4v) is 2.80. The van der Waals surface area contributed by atoms with Gasteiger partial charge in [-0.25, -0.2) is 0 Å². The molecule has 0 aliphatic carbocycles. The van der Waals surface area contributed by atoms with Crippen LogP contribution in [0.5, 0.6) is 0 Å². The number of fused-ring (bicyclic) bond motifs is 1. The molecule has 3 rings (SSSR count). The molecular weight excluding hydrogens is 264 g/mol. The van der Waals surface area contributed by atoms with Gasteiger partial charge < -0.3 is 10.6 Å². The summed E-state index contributed by atoms with van der Waals surface area (Å²) in [7, 11) is 1.88. The van der Waals surface area contributed by atoms with E-state index in [0.717, 1.165) is 17.8 Å². The summed E-state index contributed by atoms with van der Waals surface area (Å²) in [5.41, 5.74) is 3.34. The van der Waals surface area contributed by atoms with Crippen molar-refractivity contribution < 1.29 is 4.79 Å². The topological polar surface area (TPSA) is 59.0 Å². The van der Waals surface area contributed by atoms with E-state index in [0.29, 0.717) is 6.54 Å². The molecule has 0 fully saturated rings.